The summed E-state index contributed by atoms with van der Waals surface area (Å²) in [5.74, 6) is 1.12. The Labute approximate surface area is 92.4 Å². The Balaban J connectivity index is 4.14. The molecule has 14 heavy (non-hydrogen) atoms. The number of hydrogen-bond acceptors (Lipinski definition) is 3. The fourth-order valence-electron chi connectivity index (χ4n) is 1.33. The van der Waals surface area contributed by atoms with Crippen LogP contribution in [0, 0.1) is 5.41 Å². The number of nitrogens with zero attached hydrogens (tertiary/aromatic N) is 1. The highest BCUT2D eigenvalue weighted by atomic mass is 32.2. The van der Waals surface area contributed by atoms with Gasteiger partial charge < -0.3 is 9.69 Å². The molecule has 3 heteroatoms. The molecule has 0 bridgehead atoms. The van der Waals surface area contributed by atoms with Crippen LogP contribution < -0.4 is 0 Å². The molecule has 0 aliphatic heterocycles. The van der Waals surface area contributed by atoms with E-state index >= 15 is 0 Å². The molecule has 0 rings (SSSR count). The Morgan fingerprint density at radius 3 is 2.50 bits per heavy atom. The van der Waals surface area contributed by atoms with Crippen molar-refractivity contribution in [2.45, 2.75) is 33.2 Å². The second-order valence-electron chi connectivity index (χ2n) is 4.34. The molecule has 0 radical (unpaired) electrons. The molecular weight excluding hydrogens is 194 g/mol. The van der Waals surface area contributed by atoms with Crippen LogP contribution in [0.5, 0.6) is 0 Å². The molecule has 0 aromatic heterocycles. The van der Waals surface area contributed by atoms with Crippen molar-refractivity contribution < 1.29 is 4.79 Å². The fraction of sp³-hybridized carbons (Fsp3) is 0.909. The van der Waals surface area contributed by atoms with E-state index in [1.165, 1.54) is 0 Å². The first-order valence-corrected chi connectivity index (χ1v) is 6.54. The molecule has 84 valence electrons. The molecule has 2 unspecified atom stereocenters. The molecule has 0 heterocycles. The van der Waals surface area contributed by atoms with Gasteiger partial charge in [0.05, 0.1) is 0 Å². The normalized spacial score (nSPS) is 17.9. The number of carbonyl (C=O) groups excluding carboxylic acids is 1. The van der Waals surface area contributed by atoms with Gasteiger partial charge in [0.15, 0.2) is 0 Å². The van der Waals surface area contributed by atoms with Crippen LogP contribution in [0.1, 0.15) is 27.2 Å². The fourth-order valence-corrected chi connectivity index (χ4v) is 2.06. The zero-order valence-electron chi connectivity index (χ0n) is 10.0. The van der Waals surface area contributed by atoms with Crippen molar-refractivity contribution in [3.05, 3.63) is 0 Å². The average Bonchev–Trinajstić information content (AvgIpc) is 2.18. The molecule has 0 fully saturated rings. The molecular formula is C11H23NOS. The van der Waals surface area contributed by atoms with E-state index < -0.39 is 0 Å². The summed E-state index contributed by atoms with van der Waals surface area (Å²) in [7, 11) is 2.10. The molecule has 2 atom stereocenters. The molecule has 0 amide bonds. The summed E-state index contributed by atoms with van der Waals surface area (Å²) in [5.41, 5.74) is -0.179. The van der Waals surface area contributed by atoms with Crippen molar-refractivity contribution in [1.29, 1.82) is 0 Å². The second-order valence-corrected chi connectivity index (χ2v) is 5.26. The van der Waals surface area contributed by atoms with Gasteiger partial charge in [0, 0.05) is 23.8 Å². The Hall–Kier alpha value is -0.0200. The zero-order valence-corrected chi connectivity index (χ0v) is 10.9. The largest absolute Gasteiger partial charge is 0.303 e. The predicted octanol–water partition coefficient (Wildman–Crippen LogP) is 2.28. The van der Waals surface area contributed by atoms with Crippen LogP contribution in [-0.4, -0.2) is 42.8 Å². The summed E-state index contributed by atoms with van der Waals surface area (Å²) in [5, 5.41) is 0. The first kappa shape index (κ1) is 14.0. The lowest BCUT2D eigenvalue weighted by Gasteiger charge is -2.31. The summed E-state index contributed by atoms with van der Waals surface area (Å²) < 4.78 is 0. The number of rotatable bonds is 7. The smallest absolute Gasteiger partial charge is 0.127 e. The van der Waals surface area contributed by atoms with Crippen LogP contribution in [-0.2, 0) is 4.79 Å². The maximum absolute atomic E-state index is 10.9. The monoisotopic (exact) mass is 217 g/mol. The van der Waals surface area contributed by atoms with Crippen molar-refractivity contribution >= 4 is 18.0 Å². The highest BCUT2D eigenvalue weighted by Gasteiger charge is 2.24. The lowest BCUT2D eigenvalue weighted by molar-refractivity contribution is -0.116. The van der Waals surface area contributed by atoms with Gasteiger partial charge in [-0.25, -0.2) is 0 Å². The van der Waals surface area contributed by atoms with Crippen LogP contribution in [0.15, 0.2) is 0 Å². The van der Waals surface area contributed by atoms with Gasteiger partial charge in [-0.1, -0.05) is 13.8 Å². The number of hydrogen-bond donors (Lipinski definition) is 0. The summed E-state index contributed by atoms with van der Waals surface area (Å²) in [6, 6.07) is 0.538. The minimum absolute atomic E-state index is 0.179. The van der Waals surface area contributed by atoms with E-state index in [4.69, 9.17) is 0 Å². The summed E-state index contributed by atoms with van der Waals surface area (Å²) in [4.78, 5) is 13.2. The first-order chi connectivity index (χ1) is 6.49. The van der Waals surface area contributed by atoms with E-state index in [1.807, 2.05) is 18.7 Å². The van der Waals surface area contributed by atoms with Crippen LogP contribution in [0.25, 0.3) is 0 Å². The second kappa shape index (κ2) is 6.46. The van der Waals surface area contributed by atoms with E-state index in [2.05, 4.69) is 32.1 Å². The minimum Gasteiger partial charge on any atom is -0.303 e. The third-order valence-electron chi connectivity index (χ3n) is 2.86. The topological polar surface area (TPSA) is 20.3 Å². The van der Waals surface area contributed by atoms with E-state index in [1.54, 1.807) is 0 Å². The lowest BCUT2D eigenvalue weighted by atomic mass is 9.89. The van der Waals surface area contributed by atoms with Gasteiger partial charge in [0.25, 0.3) is 0 Å². The predicted molar refractivity (Wildman–Crippen MR) is 64.9 cm³/mol. The van der Waals surface area contributed by atoms with Gasteiger partial charge >= 0.3 is 0 Å². The Kier molecular flexibility index (Phi) is 6.45. The van der Waals surface area contributed by atoms with Gasteiger partial charge in [-0.3, -0.25) is 0 Å². The summed E-state index contributed by atoms with van der Waals surface area (Å²) >= 11 is 1.85. The van der Waals surface area contributed by atoms with Crippen LogP contribution >= 0.6 is 11.8 Å². The van der Waals surface area contributed by atoms with Gasteiger partial charge in [0.2, 0.25) is 0 Å². The standard InChI is InChI=1S/C11H23NOS/c1-6-11(3,9-13)8-12(4)10(2)7-14-5/h9-10H,6-8H2,1-5H3. The van der Waals surface area contributed by atoms with E-state index in [9.17, 15) is 4.79 Å². The summed E-state index contributed by atoms with van der Waals surface area (Å²) in [6.45, 7) is 7.16. The third-order valence-corrected chi connectivity index (χ3v) is 3.68. The molecule has 0 aliphatic rings. The summed E-state index contributed by atoms with van der Waals surface area (Å²) in [6.07, 6.45) is 4.12. The van der Waals surface area contributed by atoms with E-state index in [0.717, 1.165) is 25.0 Å². The Morgan fingerprint density at radius 1 is 1.57 bits per heavy atom. The quantitative estimate of drug-likeness (QED) is 0.610. The van der Waals surface area contributed by atoms with Crippen LogP contribution in [0.4, 0.5) is 0 Å². The highest BCUT2D eigenvalue weighted by Crippen LogP contribution is 2.20. The maximum Gasteiger partial charge on any atom is 0.127 e. The van der Waals surface area contributed by atoms with Crippen molar-refractivity contribution in [3.63, 3.8) is 0 Å². The SMILES string of the molecule is CCC(C)(C=O)CN(C)C(C)CSC. The molecule has 0 aromatic rings. The van der Waals surface area contributed by atoms with Crippen LogP contribution in [0.3, 0.4) is 0 Å². The number of thioether (sulfide) groups is 1. The average molecular weight is 217 g/mol. The Bertz CT molecular complexity index is 175. The first-order valence-electron chi connectivity index (χ1n) is 5.14. The molecule has 0 aliphatic carbocycles. The highest BCUT2D eigenvalue weighted by molar-refractivity contribution is 7.98. The van der Waals surface area contributed by atoms with Crippen molar-refractivity contribution in [1.82, 2.24) is 4.90 Å². The van der Waals surface area contributed by atoms with Crippen molar-refractivity contribution in [2.24, 2.45) is 5.41 Å². The maximum atomic E-state index is 10.9. The molecule has 0 saturated heterocycles. The van der Waals surface area contributed by atoms with Gasteiger partial charge in [-0.2, -0.15) is 11.8 Å². The third kappa shape index (κ3) is 4.47. The molecule has 0 saturated carbocycles. The van der Waals surface area contributed by atoms with Gasteiger partial charge in [0.1, 0.15) is 6.29 Å². The van der Waals surface area contributed by atoms with Gasteiger partial charge in [-0.05, 0) is 26.6 Å². The van der Waals surface area contributed by atoms with E-state index in [0.29, 0.717) is 6.04 Å². The zero-order chi connectivity index (χ0) is 11.2. The van der Waals surface area contributed by atoms with Crippen molar-refractivity contribution in [2.75, 3.05) is 25.6 Å². The van der Waals surface area contributed by atoms with Crippen LogP contribution in [0.2, 0.25) is 0 Å². The number of aldehydes is 1. The van der Waals surface area contributed by atoms with Gasteiger partial charge in [-0.15, -0.1) is 0 Å². The number of carbonyl (C=O) groups is 1. The lowest BCUT2D eigenvalue weighted by Crippen LogP contribution is -2.40. The molecule has 0 aromatic carbocycles. The van der Waals surface area contributed by atoms with E-state index in [-0.39, 0.29) is 5.41 Å². The van der Waals surface area contributed by atoms with Crippen molar-refractivity contribution in [3.8, 4) is 0 Å². The molecule has 0 spiro atoms. The molecule has 0 N–H and O–H groups in total. The Morgan fingerprint density at radius 2 is 2.14 bits per heavy atom. The molecule has 2 nitrogen and oxygen atoms in total. The minimum atomic E-state index is -0.179.